The van der Waals surface area contributed by atoms with Crippen LogP contribution in [-0.2, 0) is 4.74 Å². The molecule has 1 heterocycles. The second-order valence-corrected chi connectivity index (χ2v) is 1.44. The monoisotopic (exact) mass is 85.1 g/mol. The van der Waals surface area contributed by atoms with Gasteiger partial charge < -0.3 is 4.74 Å². The highest BCUT2D eigenvalue weighted by Gasteiger charge is 2.00. The van der Waals surface area contributed by atoms with E-state index in [0.29, 0.717) is 6.04 Å². The zero-order chi connectivity index (χ0) is 4.41. The summed E-state index contributed by atoms with van der Waals surface area (Å²) in [5, 5.41) is 0. The van der Waals surface area contributed by atoms with Crippen molar-refractivity contribution in [1.82, 2.24) is 0 Å². The van der Waals surface area contributed by atoms with Gasteiger partial charge in [-0.1, -0.05) is 0 Å². The molecule has 2 heteroatoms. The smallest absolute Gasteiger partial charge is 0.169 e. The van der Waals surface area contributed by atoms with E-state index in [-0.39, 0.29) is 0 Å². The fourth-order valence-electron chi connectivity index (χ4n) is 0.372. The Morgan fingerprint density at radius 3 is 3.00 bits per heavy atom. The van der Waals surface area contributed by atoms with Crippen molar-refractivity contribution >= 4 is 6.40 Å². The molecule has 0 aromatic carbocycles. The Balaban J connectivity index is 2.38. The van der Waals surface area contributed by atoms with Gasteiger partial charge in [0.1, 0.15) is 6.61 Å². The van der Waals surface area contributed by atoms with Crippen LogP contribution < -0.4 is 0 Å². The molecule has 1 aliphatic rings. The molecule has 0 spiro atoms. The maximum atomic E-state index is 4.77. The van der Waals surface area contributed by atoms with Gasteiger partial charge in [0.05, 0.1) is 6.04 Å². The molecule has 0 aromatic rings. The summed E-state index contributed by atoms with van der Waals surface area (Å²) in [6.07, 6.45) is 1.50. The first-order valence-corrected chi connectivity index (χ1v) is 2.03. The van der Waals surface area contributed by atoms with E-state index in [2.05, 4.69) is 4.99 Å². The number of hydrogen-bond acceptors (Lipinski definition) is 2. The molecule has 0 bridgehead atoms. The summed E-state index contributed by atoms with van der Waals surface area (Å²) in [5.41, 5.74) is 0. The minimum atomic E-state index is 0.394. The molecule has 0 saturated carbocycles. The van der Waals surface area contributed by atoms with Gasteiger partial charge in [0, 0.05) is 0 Å². The zero-order valence-electron chi connectivity index (χ0n) is 3.72. The van der Waals surface area contributed by atoms with Gasteiger partial charge in [-0.3, -0.25) is 4.99 Å². The van der Waals surface area contributed by atoms with Crippen LogP contribution in [0.15, 0.2) is 4.99 Å². The molecule has 0 fully saturated rings. The van der Waals surface area contributed by atoms with E-state index >= 15 is 0 Å². The maximum Gasteiger partial charge on any atom is 0.169 e. The molecule has 34 valence electrons. The van der Waals surface area contributed by atoms with Gasteiger partial charge in [-0.15, -0.1) is 0 Å². The summed E-state index contributed by atoms with van der Waals surface area (Å²) < 4.78 is 4.77. The lowest BCUT2D eigenvalue weighted by Gasteiger charge is -1.88. The molecule has 0 saturated heterocycles. The SMILES string of the molecule is C[C@H]1COC=N1. The molecule has 1 atom stereocenters. The van der Waals surface area contributed by atoms with E-state index in [1.807, 2.05) is 6.92 Å². The van der Waals surface area contributed by atoms with Crippen molar-refractivity contribution in [2.45, 2.75) is 13.0 Å². The lowest BCUT2D eigenvalue weighted by atomic mass is 10.4. The fraction of sp³-hybridized carbons (Fsp3) is 0.750. The van der Waals surface area contributed by atoms with Crippen molar-refractivity contribution in [2.24, 2.45) is 4.99 Å². The Morgan fingerprint density at radius 1 is 2.00 bits per heavy atom. The zero-order valence-corrected chi connectivity index (χ0v) is 3.72. The van der Waals surface area contributed by atoms with Crippen molar-refractivity contribution in [2.75, 3.05) is 6.61 Å². The van der Waals surface area contributed by atoms with Crippen molar-refractivity contribution in [1.29, 1.82) is 0 Å². The van der Waals surface area contributed by atoms with E-state index < -0.39 is 0 Å². The second-order valence-electron chi connectivity index (χ2n) is 1.44. The van der Waals surface area contributed by atoms with Gasteiger partial charge in [-0.25, -0.2) is 0 Å². The number of ether oxygens (including phenoxy) is 1. The van der Waals surface area contributed by atoms with Crippen LogP contribution in [0.4, 0.5) is 0 Å². The molecular formula is C4H7NO. The summed E-state index contributed by atoms with van der Waals surface area (Å²) in [5.74, 6) is 0. The molecule has 2 nitrogen and oxygen atoms in total. The molecule has 1 aliphatic heterocycles. The first kappa shape index (κ1) is 3.65. The number of aliphatic imine (C=N–C) groups is 1. The number of rotatable bonds is 0. The molecule has 1 rings (SSSR count). The number of hydrogen-bond donors (Lipinski definition) is 0. The van der Waals surface area contributed by atoms with E-state index in [1.165, 1.54) is 6.40 Å². The van der Waals surface area contributed by atoms with Crippen LogP contribution in [0.3, 0.4) is 0 Å². The molecule has 6 heavy (non-hydrogen) atoms. The Morgan fingerprint density at radius 2 is 2.83 bits per heavy atom. The molecule has 0 aliphatic carbocycles. The van der Waals surface area contributed by atoms with Crippen molar-refractivity contribution in [3.05, 3.63) is 0 Å². The van der Waals surface area contributed by atoms with Crippen LogP contribution in [0, 0.1) is 0 Å². The Bertz CT molecular complexity index is 69.9. The standard InChI is InChI=1S/C4H7NO/c1-4-2-6-3-5-4/h3-4H,2H2,1H3/t4-/m0/s1. The van der Waals surface area contributed by atoms with Gasteiger partial charge in [-0.05, 0) is 6.92 Å². The largest absolute Gasteiger partial charge is 0.481 e. The van der Waals surface area contributed by atoms with Crippen LogP contribution in [0.2, 0.25) is 0 Å². The van der Waals surface area contributed by atoms with Crippen LogP contribution in [-0.4, -0.2) is 19.0 Å². The summed E-state index contributed by atoms with van der Waals surface area (Å²) in [7, 11) is 0. The third-order valence-corrected chi connectivity index (χ3v) is 0.727. The van der Waals surface area contributed by atoms with Crippen molar-refractivity contribution in [3.63, 3.8) is 0 Å². The summed E-state index contributed by atoms with van der Waals surface area (Å²) in [6, 6.07) is 0.394. The minimum Gasteiger partial charge on any atom is -0.481 e. The van der Waals surface area contributed by atoms with Gasteiger partial charge in [0.15, 0.2) is 6.40 Å². The first-order chi connectivity index (χ1) is 2.89. The highest BCUT2D eigenvalue weighted by molar-refractivity contribution is 5.48. The first-order valence-electron chi connectivity index (χ1n) is 2.03. The van der Waals surface area contributed by atoms with Crippen LogP contribution in [0.1, 0.15) is 6.92 Å². The average Bonchev–Trinajstić information content (AvgIpc) is 1.86. The second kappa shape index (κ2) is 1.29. The Labute approximate surface area is 36.8 Å². The van der Waals surface area contributed by atoms with Gasteiger partial charge in [0.2, 0.25) is 0 Å². The van der Waals surface area contributed by atoms with E-state index in [4.69, 9.17) is 4.74 Å². The normalized spacial score (nSPS) is 30.5. The fourth-order valence-corrected chi connectivity index (χ4v) is 0.372. The topological polar surface area (TPSA) is 21.6 Å². The predicted molar refractivity (Wildman–Crippen MR) is 23.9 cm³/mol. The lowest BCUT2D eigenvalue weighted by Crippen LogP contribution is -1.97. The minimum absolute atomic E-state index is 0.394. The highest BCUT2D eigenvalue weighted by atomic mass is 16.5. The van der Waals surface area contributed by atoms with Crippen LogP contribution >= 0.6 is 0 Å². The summed E-state index contributed by atoms with van der Waals surface area (Å²) in [4.78, 5) is 3.89. The predicted octanol–water partition coefficient (Wildman–Crippen LogP) is 0.433. The van der Waals surface area contributed by atoms with Gasteiger partial charge in [-0.2, -0.15) is 0 Å². The average molecular weight is 85.1 g/mol. The third-order valence-electron chi connectivity index (χ3n) is 0.727. The van der Waals surface area contributed by atoms with E-state index in [0.717, 1.165) is 6.61 Å². The van der Waals surface area contributed by atoms with Crippen molar-refractivity contribution in [3.8, 4) is 0 Å². The summed E-state index contributed by atoms with van der Waals surface area (Å²) >= 11 is 0. The summed E-state index contributed by atoms with van der Waals surface area (Å²) in [6.45, 7) is 2.78. The van der Waals surface area contributed by atoms with Gasteiger partial charge in [0.25, 0.3) is 0 Å². The molecule has 0 N–H and O–H groups in total. The van der Waals surface area contributed by atoms with E-state index in [1.54, 1.807) is 0 Å². The quantitative estimate of drug-likeness (QED) is 0.418. The highest BCUT2D eigenvalue weighted by Crippen LogP contribution is 1.94. The molecular weight excluding hydrogens is 78.1 g/mol. The maximum absolute atomic E-state index is 4.77. The Hall–Kier alpha value is -0.530. The molecule has 0 radical (unpaired) electrons. The molecule has 0 unspecified atom stereocenters. The molecule has 0 amide bonds. The lowest BCUT2D eigenvalue weighted by molar-refractivity contribution is 0.335. The van der Waals surface area contributed by atoms with Crippen LogP contribution in [0.5, 0.6) is 0 Å². The third kappa shape index (κ3) is 0.506. The van der Waals surface area contributed by atoms with E-state index in [9.17, 15) is 0 Å². The van der Waals surface area contributed by atoms with Crippen LogP contribution in [0.25, 0.3) is 0 Å². The Kier molecular flexibility index (Phi) is 0.783. The molecule has 0 aromatic heterocycles. The van der Waals surface area contributed by atoms with Crippen molar-refractivity contribution < 1.29 is 4.74 Å². The van der Waals surface area contributed by atoms with Gasteiger partial charge >= 0.3 is 0 Å². The number of nitrogens with zero attached hydrogens (tertiary/aromatic N) is 1.